The lowest BCUT2D eigenvalue weighted by atomic mass is 9.82. The number of carbonyl (C=O) groups is 4. The smallest absolute Gasteiger partial charge is 0.469 e. The first-order valence-corrected chi connectivity index (χ1v) is 16.4. The van der Waals surface area contributed by atoms with E-state index in [2.05, 4.69) is 8.92 Å². The Hall–Kier alpha value is -2.86. The van der Waals surface area contributed by atoms with E-state index in [0.717, 1.165) is 14.0 Å². The van der Waals surface area contributed by atoms with Gasteiger partial charge in [0.05, 0.1) is 38.3 Å². The van der Waals surface area contributed by atoms with Gasteiger partial charge in [0.2, 0.25) is 0 Å². The van der Waals surface area contributed by atoms with Crippen LogP contribution in [0.2, 0.25) is 0 Å². The summed E-state index contributed by atoms with van der Waals surface area (Å²) < 4.78 is 84.5. The summed E-state index contributed by atoms with van der Waals surface area (Å²) in [6.45, 7) is 13.7. The molecule has 0 bridgehead atoms. The van der Waals surface area contributed by atoms with Crippen LogP contribution in [0.4, 0.5) is 22.8 Å². The van der Waals surface area contributed by atoms with E-state index in [4.69, 9.17) is 14.2 Å². The fourth-order valence-corrected chi connectivity index (χ4v) is 5.78. The monoisotopic (exact) mass is 706 g/mol. The quantitative estimate of drug-likeness (QED) is 0.184. The van der Waals surface area contributed by atoms with Crippen LogP contribution in [0.3, 0.4) is 0 Å². The molecule has 47 heavy (non-hydrogen) atoms. The summed E-state index contributed by atoms with van der Waals surface area (Å²) in [5, 5.41) is 9.84. The van der Waals surface area contributed by atoms with Gasteiger partial charge in [-0.25, -0.2) is 9.59 Å². The lowest BCUT2D eigenvalue weighted by molar-refractivity contribution is -0.152. The van der Waals surface area contributed by atoms with Gasteiger partial charge < -0.3 is 33.9 Å². The van der Waals surface area contributed by atoms with Crippen LogP contribution in [0.1, 0.15) is 68.2 Å². The van der Waals surface area contributed by atoms with Gasteiger partial charge in [-0.3, -0.25) is 13.8 Å². The van der Waals surface area contributed by atoms with Gasteiger partial charge in [0.15, 0.2) is 0 Å². The van der Waals surface area contributed by atoms with Crippen molar-refractivity contribution >= 4 is 34.2 Å². The third-order valence-electron chi connectivity index (χ3n) is 7.41. The maximum atomic E-state index is 12.6. The number of aliphatic hydroxyl groups is 1. The maximum Gasteiger partial charge on any atom is 0.523 e. The molecule has 0 radical (unpaired) electrons. The summed E-state index contributed by atoms with van der Waals surface area (Å²) in [6, 6.07) is 0. The summed E-state index contributed by atoms with van der Waals surface area (Å²) in [5.41, 5.74) is -6.95. The molecular weight excluding hydrogens is 657 g/mol. The Morgan fingerprint density at radius 3 is 1.43 bits per heavy atom. The zero-order valence-electron chi connectivity index (χ0n) is 28.6. The molecule has 18 heteroatoms. The van der Waals surface area contributed by atoms with Crippen molar-refractivity contribution < 1.29 is 69.0 Å². The van der Waals surface area contributed by atoms with Crippen molar-refractivity contribution in [3.63, 3.8) is 0 Å². The fourth-order valence-electron chi connectivity index (χ4n) is 5.13. The Kier molecular flexibility index (Phi) is 14.8. The highest BCUT2D eigenvalue weighted by atomic mass is 32.2. The van der Waals surface area contributed by atoms with E-state index in [1.165, 1.54) is 12.0 Å². The molecule has 2 rings (SSSR count). The van der Waals surface area contributed by atoms with E-state index in [1.807, 2.05) is 0 Å². The Balaban J connectivity index is 0.000000491. The molecule has 0 aromatic carbocycles. The highest BCUT2D eigenvalue weighted by molar-refractivity contribution is 7.87. The molecular formula is C29H49F3N2O12S. The molecule has 274 valence electrons. The minimum absolute atomic E-state index is 0.0658. The third kappa shape index (κ3) is 12.9. The summed E-state index contributed by atoms with van der Waals surface area (Å²) in [6.07, 6.45) is -2.80. The molecule has 2 fully saturated rings. The van der Waals surface area contributed by atoms with Crippen LogP contribution < -0.4 is 0 Å². The Morgan fingerprint density at radius 2 is 1.11 bits per heavy atom. The Morgan fingerprint density at radius 1 is 0.745 bits per heavy atom. The van der Waals surface area contributed by atoms with Gasteiger partial charge in [-0.2, -0.15) is 21.6 Å². The van der Waals surface area contributed by atoms with Crippen LogP contribution in [0, 0.1) is 23.7 Å². The van der Waals surface area contributed by atoms with Gasteiger partial charge in [-0.05, 0) is 68.2 Å². The van der Waals surface area contributed by atoms with Crippen molar-refractivity contribution in [3.05, 3.63) is 0 Å². The molecule has 0 aromatic rings. The van der Waals surface area contributed by atoms with Crippen LogP contribution in [-0.4, -0.2) is 117 Å². The van der Waals surface area contributed by atoms with E-state index >= 15 is 0 Å². The number of methoxy groups -OCH3 is 2. The number of aliphatic hydroxyl groups excluding tert-OH is 1. The van der Waals surface area contributed by atoms with E-state index in [9.17, 15) is 45.9 Å². The molecule has 0 aliphatic carbocycles. The van der Waals surface area contributed by atoms with Gasteiger partial charge in [0.25, 0.3) is 0 Å². The largest absolute Gasteiger partial charge is 0.523 e. The molecule has 6 atom stereocenters. The van der Waals surface area contributed by atoms with Crippen molar-refractivity contribution in [1.82, 2.24) is 9.80 Å². The molecule has 2 saturated heterocycles. The van der Waals surface area contributed by atoms with Crippen LogP contribution in [0.15, 0.2) is 0 Å². The minimum atomic E-state index is -5.86. The van der Waals surface area contributed by atoms with Crippen LogP contribution in [0.5, 0.6) is 0 Å². The topological polar surface area (TPSA) is 175 Å². The Bertz CT molecular complexity index is 1200. The maximum absolute atomic E-state index is 12.6. The molecule has 1 N–H and O–H groups in total. The van der Waals surface area contributed by atoms with E-state index < -0.39 is 69.0 Å². The average Bonchev–Trinajstić information content (AvgIpc) is 2.93. The number of amides is 2. The predicted molar refractivity (Wildman–Crippen MR) is 160 cm³/mol. The molecule has 0 spiro atoms. The number of rotatable bonds is 6. The zero-order chi connectivity index (χ0) is 36.7. The predicted octanol–water partition coefficient (Wildman–Crippen LogP) is 3.70. The normalized spacial score (nSPS) is 23.8. The highest BCUT2D eigenvalue weighted by Gasteiger charge is 2.50. The van der Waals surface area contributed by atoms with E-state index in [-0.39, 0.29) is 37.3 Å². The summed E-state index contributed by atoms with van der Waals surface area (Å²) in [7, 11) is -3.41. The molecule has 0 aromatic heterocycles. The van der Waals surface area contributed by atoms with Crippen molar-refractivity contribution in [2.24, 2.45) is 23.7 Å². The summed E-state index contributed by atoms with van der Waals surface area (Å²) >= 11 is 0. The first-order chi connectivity index (χ1) is 21.2. The lowest BCUT2D eigenvalue weighted by Crippen LogP contribution is -2.51. The average molecular weight is 707 g/mol. The number of likely N-dealkylation sites (tertiary alicyclic amines) is 2. The highest BCUT2D eigenvalue weighted by Crippen LogP contribution is 2.34. The van der Waals surface area contributed by atoms with Crippen LogP contribution >= 0.6 is 0 Å². The van der Waals surface area contributed by atoms with Crippen molar-refractivity contribution in [2.75, 3.05) is 40.4 Å². The van der Waals surface area contributed by atoms with Gasteiger partial charge in [-0.1, -0.05) is 0 Å². The summed E-state index contributed by atoms with van der Waals surface area (Å²) in [4.78, 5) is 50.7. The third-order valence-corrected chi connectivity index (χ3v) is 8.54. The SMILES string of the molecule is COC(=O)C1CCN(C(=O)OC(C)(C)C)CC1C(C)O.COC(=O)C1CCN(C(=O)OC(C)(C)C)CC1C(C)OS(=O)(=O)C(F)(F)F. The number of carbonyl (C=O) groups excluding carboxylic acids is 4. The second-order valence-corrected chi connectivity index (χ2v) is 15.0. The van der Waals surface area contributed by atoms with Crippen molar-refractivity contribution in [2.45, 2.75) is 97.1 Å². The van der Waals surface area contributed by atoms with Gasteiger partial charge in [-0.15, -0.1) is 0 Å². The first kappa shape index (κ1) is 42.2. The number of nitrogens with zero attached hydrogens (tertiary/aromatic N) is 2. The fraction of sp³-hybridized carbons (Fsp3) is 0.862. The lowest BCUT2D eigenvalue weighted by Gasteiger charge is -2.39. The zero-order valence-corrected chi connectivity index (χ0v) is 29.4. The number of halogens is 3. The number of esters is 2. The molecule has 0 saturated carbocycles. The molecule has 2 amide bonds. The van der Waals surface area contributed by atoms with Crippen molar-refractivity contribution in [1.29, 1.82) is 0 Å². The van der Waals surface area contributed by atoms with Crippen LogP contribution in [-0.2, 0) is 42.8 Å². The van der Waals surface area contributed by atoms with Crippen molar-refractivity contribution in [3.8, 4) is 0 Å². The molecule has 2 heterocycles. The van der Waals surface area contributed by atoms with E-state index in [0.29, 0.717) is 19.5 Å². The minimum Gasteiger partial charge on any atom is -0.469 e. The van der Waals surface area contributed by atoms with Crippen LogP contribution in [0.25, 0.3) is 0 Å². The second kappa shape index (κ2) is 16.5. The number of ether oxygens (including phenoxy) is 4. The number of piperidine rings is 2. The number of hydrogen-bond acceptors (Lipinski definition) is 12. The van der Waals surface area contributed by atoms with Gasteiger partial charge >= 0.3 is 39.8 Å². The standard InChI is InChI=1S/C15H24F3NO7S.C14H25NO5/c1-9(26-27(22,23)15(16,17)18)11-8-19(13(21)25-14(2,3)4)7-6-10(11)12(20)24-5;1-9(16)11-8-15(13(18)20-14(2,3)4)7-6-10(11)12(17)19-5/h9-11H,6-8H2,1-5H3;9-11,16H,6-8H2,1-5H3. The second-order valence-electron chi connectivity index (χ2n) is 13.5. The first-order valence-electron chi connectivity index (χ1n) is 15.0. The number of hydrogen-bond donors (Lipinski definition) is 1. The Labute approximate surface area is 274 Å². The summed E-state index contributed by atoms with van der Waals surface area (Å²) in [5.74, 6) is -3.71. The molecule has 6 unspecified atom stereocenters. The van der Waals surface area contributed by atoms with Gasteiger partial charge in [0.1, 0.15) is 11.2 Å². The van der Waals surface area contributed by atoms with E-state index in [1.54, 1.807) is 53.4 Å². The molecule has 2 aliphatic heterocycles. The van der Waals surface area contributed by atoms with Gasteiger partial charge in [0, 0.05) is 38.0 Å². The molecule has 14 nitrogen and oxygen atoms in total. The molecule has 2 aliphatic rings. The number of alkyl halides is 3.